The molecule has 1 atom stereocenters. The van der Waals surface area contributed by atoms with E-state index in [2.05, 4.69) is 53.8 Å². The summed E-state index contributed by atoms with van der Waals surface area (Å²) in [5.74, 6) is 0.922. The summed E-state index contributed by atoms with van der Waals surface area (Å²) in [4.78, 5) is 0. The lowest BCUT2D eigenvalue weighted by molar-refractivity contribution is 0.327. The molecule has 1 heterocycles. The number of hydrogen-bond acceptors (Lipinski definition) is 3. The molecule has 0 spiro atoms. The molecule has 0 aliphatic carbocycles. The van der Waals surface area contributed by atoms with Gasteiger partial charge in [0, 0.05) is 12.6 Å². The lowest BCUT2D eigenvalue weighted by Crippen LogP contribution is -2.23. The highest BCUT2D eigenvalue weighted by atomic mass is 16.5. The minimum absolute atomic E-state index is 0.348. The Morgan fingerprint density at radius 3 is 2.82 bits per heavy atom. The summed E-state index contributed by atoms with van der Waals surface area (Å²) in [6.07, 6.45) is 3.32. The quantitative estimate of drug-likeness (QED) is 0.892. The molecule has 1 aliphatic heterocycles. The van der Waals surface area contributed by atoms with Crippen LogP contribution in [0, 0.1) is 0 Å². The summed E-state index contributed by atoms with van der Waals surface area (Å²) in [6.45, 7) is 2.17. The fourth-order valence-electron chi connectivity index (χ4n) is 3.09. The van der Waals surface area contributed by atoms with Crippen molar-refractivity contribution >= 4 is 0 Å². The average Bonchev–Trinajstić information content (AvgIpc) is 2.76. The molecular formula is C19H24N2O. The third-order valence-corrected chi connectivity index (χ3v) is 4.18. The Bertz CT molecular complexity index is 598. The molecule has 0 saturated carbocycles. The maximum absolute atomic E-state index is 5.71. The summed E-state index contributed by atoms with van der Waals surface area (Å²) in [7, 11) is 0. The summed E-state index contributed by atoms with van der Waals surface area (Å²) >= 11 is 0. The van der Waals surface area contributed by atoms with Crippen molar-refractivity contribution in [3.63, 3.8) is 0 Å². The fourth-order valence-corrected chi connectivity index (χ4v) is 3.09. The molecule has 0 aromatic heterocycles. The zero-order valence-corrected chi connectivity index (χ0v) is 12.9. The second kappa shape index (κ2) is 7.43. The van der Waals surface area contributed by atoms with Gasteiger partial charge in [0.05, 0.1) is 0 Å². The van der Waals surface area contributed by atoms with Crippen LogP contribution in [0.25, 0.3) is 0 Å². The molecular weight excluding hydrogens is 272 g/mol. The summed E-state index contributed by atoms with van der Waals surface area (Å²) in [5.41, 5.74) is 9.70. The van der Waals surface area contributed by atoms with E-state index in [0.717, 1.165) is 25.1 Å². The van der Waals surface area contributed by atoms with Gasteiger partial charge in [0.25, 0.3) is 0 Å². The van der Waals surface area contributed by atoms with Crippen molar-refractivity contribution in [1.29, 1.82) is 0 Å². The van der Waals surface area contributed by atoms with Gasteiger partial charge in [0.2, 0.25) is 0 Å². The Morgan fingerprint density at radius 1 is 1.14 bits per heavy atom. The van der Waals surface area contributed by atoms with Gasteiger partial charge in [-0.2, -0.15) is 0 Å². The minimum Gasteiger partial charge on any atom is -0.492 e. The van der Waals surface area contributed by atoms with Crippen LogP contribution < -0.4 is 15.8 Å². The molecule has 3 N–H and O–H groups in total. The van der Waals surface area contributed by atoms with Gasteiger partial charge >= 0.3 is 0 Å². The van der Waals surface area contributed by atoms with Crippen molar-refractivity contribution in [3.05, 3.63) is 65.2 Å². The predicted octanol–water partition coefficient (Wildman–Crippen LogP) is 2.84. The Morgan fingerprint density at radius 2 is 2.00 bits per heavy atom. The largest absolute Gasteiger partial charge is 0.492 e. The van der Waals surface area contributed by atoms with E-state index in [9.17, 15) is 0 Å². The molecule has 1 aliphatic rings. The van der Waals surface area contributed by atoms with Crippen molar-refractivity contribution in [2.75, 3.05) is 19.7 Å². The third kappa shape index (κ3) is 3.67. The topological polar surface area (TPSA) is 47.3 Å². The van der Waals surface area contributed by atoms with Gasteiger partial charge in [-0.3, -0.25) is 0 Å². The lowest BCUT2D eigenvalue weighted by Gasteiger charge is -2.20. The number of rotatable bonds is 5. The van der Waals surface area contributed by atoms with Crippen molar-refractivity contribution < 1.29 is 4.74 Å². The third-order valence-electron chi connectivity index (χ3n) is 4.18. The minimum atomic E-state index is 0.348. The van der Waals surface area contributed by atoms with E-state index in [1.54, 1.807) is 0 Å². The van der Waals surface area contributed by atoms with Crippen LogP contribution in [0.1, 0.15) is 29.2 Å². The van der Waals surface area contributed by atoms with E-state index >= 15 is 0 Å². The molecule has 0 amide bonds. The van der Waals surface area contributed by atoms with Crippen LogP contribution in [0.4, 0.5) is 0 Å². The number of benzene rings is 2. The van der Waals surface area contributed by atoms with E-state index in [1.165, 1.54) is 23.1 Å². The number of fused-ring (bicyclic) bond motifs is 1. The van der Waals surface area contributed by atoms with Gasteiger partial charge in [0.15, 0.2) is 0 Å². The van der Waals surface area contributed by atoms with Gasteiger partial charge in [-0.25, -0.2) is 0 Å². The summed E-state index contributed by atoms with van der Waals surface area (Å²) in [6, 6.07) is 17.5. The van der Waals surface area contributed by atoms with Crippen LogP contribution >= 0.6 is 0 Å². The van der Waals surface area contributed by atoms with Gasteiger partial charge in [0.1, 0.15) is 12.4 Å². The highest BCUT2D eigenvalue weighted by molar-refractivity contribution is 5.39. The molecule has 116 valence electrons. The Labute approximate surface area is 132 Å². The van der Waals surface area contributed by atoms with Crippen LogP contribution in [0.2, 0.25) is 0 Å². The highest BCUT2D eigenvalue weighted by Crippen LogP contribution is 2.29. The first-order valence-electron chi connectivity index (χ1n) is 8.10. The molecule has 3 heteroatoms. The maximum atomic E-state index is 5.71. The molecule has 1 unspecified atom stereocenters. The first-order valence-corrected chi connectivity index (χ1v) is 8.10. The Kier molecular flexibility index (Phi) is 5.09. The van der Waals surface area contributed by atoms with E-state index in [0.29, 0.717) is 19.2 Å². The second-order valence-electron chi connectivity index (χ2n) is 5.80. The SMILES string of the molecule is NCCOc1ccc2c(c1)C(Cc1ccccc1)NCCC2. The van der Waals surface area contributed by atoms with Gasteiger partial charge < -0.3 is 15.8 Å². The Balaban J connectivity index is 1.85. The van der Waals surface area contributed by atoms with E-state index in [-0.39, 0.29) is 0 Å². The zero-order valence-electron chi connectivity index (χ0n) is 12.9. The van der Waals surface area contributed by atoms with Crippen molar-refractivity contribution in [1.82, 2.24) is 5.32 Å². The maximum Gasteiger partial charge on any atom is 0.119 e. The molecule has 0 saturated heterocycles. The van der Waals surface area contributed by atoms with Crippen molar-refractivity contribution in [2.45, 2.75) is 25.3 Å². The number of aryl methyl sites for hydroxylation is 1. The number of hydrogen-bond donors (Lipinski definition) is 2. The van der Waals surface area contributed by atoms with Crippen LogP contribution in [-0.2, 0) is 12.8 Å². The molecule has 0 radical (unpaired) electrons. The fraction of sp³-hybridized carbons (Fsp3) is 0.368. The lowest BCUT2D eigenvalue weighted by atomic mass is 9.94. The molecule has 3 rings (SSSR count). The van der Waals surface area contributed by atoms with Crippen molar-refractivity contribution in [3.8, 4) is 5.75 Å². The monoisotopic (exact) mass is 296 g/mol. The summed E-state index contributed by atoms with van der Waals surface area (Å²) < 4.78 is 5.71. The molecule has 22 heavy (non-hydrogen) atoms. The van der Waals surface area contributed by atoms with Crippen LogP contribution in [-0.4, -0.2) is 19.7 Å². The first-order chi connectivity index (χ1) is 10.9. The highest BCUT2D eigenvalue weighted by Gasteiger charge is 2.19. The second-order valence-corrected chi connectivity index (χ2v) is 5.80. The van der Waals surface area contributed by atoms with Gasteiger partial charge in [-0.05, 0) is 54.6 Å². The van der Waals surface area contributed by atoms with E-state index < -0.39 is 0 Å². The van der Waals surface area contributed by atoms with Gasteiger partial charge in [-0.1, -0.05) is 36.4 Å². The van der Waals surface area contributed by atoms with E-state index in [1.807, 2.05) is 0 Å². The normalized spacial score (nSPS) is 17.6. The van der Waals surface area contributed by atoms with Crippen molar-refractivity contribution in [2.24, 2.45) is 5.73 Å². The predicted molar refractivity (Wildman–Crippen MR) is 90.2 cm³/mol. The van der Waals surface area contributed by atoms with Gasteiger partial charge in [-0.15, -0.1) is 0 Å². The average molecular weight is 296 g/mol. The zero-order chi connectivity index (χ0) is 15.2. The Hall–Kier alpha value is -1.84. The molecule has 0 bridgehead atoms. The molecule has 3 nitrogen and oxygen atoms in total. The first kappa shape index (κ1) is 15.1. The number of nitrogens with one attached hydrogen (secondary N) is 1. The van der Waals surface area contributed by atoms with Crippen LogP contribution in [0.5, 0.6) is 5.75 Å². The number of ether oxygens (including phenoxy) is 1. The van der Waals surface area contributed by atoms with Crippen LogP contribution in [0.15, 0.2) is 48.5 Å². The number of nitrogens with two attached hydrogens (primary N) is 1. The molecule has 0 fully saturated rings. The summed E-state index contributed by atoms with van der Waals surface area (Å²) in [5, 5.41) is 3.69. The smallest absolute Gasteiger partial charge is 0.119 e. The van der Waals surface area contributed by atoms with E-state index in [4.69, 9.17) is 10.5 Å². The van der Waals surface area contributed by atoms with Crippen LogP contribution in [0.3, 0.4) is 0 Å². The standard InChI is InChI=1S/C19H24N2O/c20-10-12-22-17-9-8-16-7-4-11-21-19(18(16)14-17)13-15-5-2-1-3-6-15/h1-3,5-6,8-9,14,19,21H,4,7,10-13,20H2. The molecule has 2 aromatic rings. The molecule has 2 aromatic carbocycles.